The van der Waals surface area contributed by atoms with Gasteiger partial charge in [0.05, 0.1) is 7.11 Å². The van der Waals surface area contributed by atoms with Crippen molar-refractivity contribution in [1.82, 2.24) is 9.97 Å². The zero-order chi connectivity index (χ0) is 14.2. The van der Waals surface area contributed by atoms with Gasteiger partial charge in [0.2, 0.25) is 0 Å². The number of carbonyl (C=O) groups is 1. The number of ether oxygens (including phenoxy) is 1. The van der Waals surface area contributed by atoms with E-state index in [0.29, 0.717) is 6.42 Å². The Labute approximate surface area is 119 Å². The van der Waals surface area contributed by atoms with Crippen molar-refractivity contribution in [2.24, 2.45) is 0 Å². The summed E-state index contributed by atoms with van der Waals surface area (Å²) in [5.74, 6) is -0.118. The molecule has 0 radical (unpaired) electrons. The largest absolute Gasteiger partial charge is 0.469 e. The molecule has 0 unspecified atom stereocenters. The van der Waals surface area contributed by atoms with E-state index >= 15 is 0 Å². The molecule has 2 rings (SSSR count). The topological polar surface area (TPSA) is 52.1 Å². The number of nitrogens with zero attached hydrogens (tertiary/aromatic N) is 2. The van der Waals surface area contributed by atoms with E-state index in [0.717, 1.165) is 48.8 Å². The number of pyridine rings is 2. The molecule has 2 heterocycles. The van der Waals surface area contributed by atoms with Gasteiger partial charge in [-0.2, -0.15) is 0 Å². The normalized spacial score (nSPS) is 10.7. The van der Waals surface area contributed by atoms with Crippen molar-refractivity contribution in [3.8, 4) is 0 Å². The molecule has 4 heteroatoms. The van der Waals surface area contributed by atoms with Crippen molar-refractivity contribution < 1.29 is 9.53 Å². The minimum atomic E-state index is -0.118. The van der Waals surface area contributed by atoms with E-state index in [1.807, 2.05) is 12.1 Å². The highest BCUT2D eigenvalue weighted by Gasteiger charge is 2.01. The summed E-state index contributed by atoms with van der Waals surface area (Å²) in [6.45, 7) is 0. The maximum atomic E-state index is 11.0. The van der Waals surface area contributed by atoms with Crippen molar-refractivity contribution >= 4 is 17.0 Å². The molecular weight excluding hydrogens is 252 g/mol. The predicted molar refractivity (Wildman–Crippen MR) is 78.3 cm³/mol. The van der Waals surface area contributed by atoms with Crippen LogP contribution in [0.4, 0.5) is 0 Å². The van der Waals surface area contributed by atoms with Crippen LogP contribution in [-0.4, -0.2) is 23.0 Å². The average molecular weight is 272 g/mol. The fourth-order valence-electron chi connectivity index (χ4n) is 2.16. The van der Waals surface area contributed by atoms with Crippen LogP contribution in [0.25, 0.3) is 11.0 Å². The summed E-state index contributed by atoms with van der Waals surface area (Å²) < 4.78 is 4.61. The summed E-state index contributed by atoms with van der Waals surface area (Å²) >= 11 is 0. The summed E-state index contributed by atoms with van der Waals surface area (Å²) in [6, 6.07) is 8.08. The highest BCUT2D eigenvalue weighted by Crippen LogP contribution is 2.12. The average Bonchev–Trinajstić information content (AvgIpc) is 2.50. The Bertz CT molecular complexity index is 569. The van der Waals surface area contributed by atoms with Crippen LogP contribution in [0.15, 0.2) is 30.5 Å². The van der Waals surface area contributed by atoms with Crippen molar-refractivity contribution in [2.45, 2.75) is 38.5 Å². The third-order valence-corrected chi connectivity index (χ3v) is 3.31. The van der Waals surface area contributed by atoms with Gasteiger partial charge in [-0.05, 0) is 43.5 Å². The van der Waals surface area contributed by atoms with E-state index in [4.69, 9.17) is 0 Å². The van der Waals surface area contributed by atoms with Gasteiger partial charge in [0.15, 0.2) is 5.65 Å². The summed E-state index contributed by atoms with van der Waals surface area (Å²) in [6.07, 6.45) is 7.41. The molecule has 20 heavy (non-hydrogen) atoms. The lowest BCUT2D eigenvalue weighted by Gasteiger charge is -2.03. The highest BCUT2D eigenvalue weighted by molar-refractivity contribution is 5.74. The first kappa shape index (κ1) is 14.4. The van der Waals surface area contributed by atoms with Crippen molar-refractivity contribution in [2.75, 3.05) is 7.11 Å². The molecule has 0 aliphatic carbocycles. The first-order valence-corrected chi connectivity index (χ1v) is 7.07. The lowest BCUT2D eigenvalue weighted by atomic mass is 10.1. The van der Waals surface area contributed by atoms with Gasteiger partial charge in [0.25, 0.3) is 0 Å². The maximum absolute atomic E-state index is 11.0. The number of methoxy groups -OCH3 is 1. The van der Waals surface area contributed by atoms with Crippen LogP contribution in [0.5, 0.6) is 0 Å². The molecule has 0 amide bonds. The van der Waals surface area contributed by atoms with Crippen LogP contribution in [0, 0.1) is 0 Å². The summed E-state index contributed by atoms with van der Waals surface area (Å²) in [4.78, 5) is 19.8. The van der Waals surface area contributed by atoms with Gasteiger partial charge >= 0.3 is 5.97 Å². The van der Waals surface area contributed by atoms with Crippen molar-refractivity contribution in [3.05, 3.63) is 36.2 Å². The Balaban J connectivity index is 1.72. The second-order valence-electron chi connectivity index (χ2n) is 4.84. The lowest BCUT2D eigenvalue weighted by molar-refractivity contribution is -0.140. The Kier molecular flexibility index (Phi) is 5.47. The minimum absolute atomic E-state index is 0.118. The van der Waals surface area contributed by atoms with Gasteiger partial charge in [0, 0.05) is 23.7 Å². The van der Waals surface area contributed by atoms with Crippen LogP contribution in [0.1, 0.15) is 37.8 Å². The Morgan fingerprint density at radius 1 is 1.15 bits per heavy atom. The van der Waals surface area contributed by atoms with E-state index in [1.165, 1.54) is 7.11 Å². The van der Waals surface area contributed by atoms with Crippen LogP contribution in [0.2, 0.25) is 0 Å². The van der Waals surface area contributed by atoms with Crippen molar-refractivity contribution in [3.63, 3.8) is 0 Å². The molecule has 0 spiro atoms. The lowest BCUT2D eigenvalue weighted by Crippen LogP contribution is -1.99. The molecule has 0 saturated heterocycles. The molecule has 2 aromatic rings. The number of unbranched alkanes of at least 4 members (excludes halogenated alkanes) is 3. The van der Waals surface area contributed by atoms with Crippen LogP contribution < -0.4 is 0 Å². The van der Waals surface area contributed by atoms with Gasteiger partial charge < -0.3 is 4.74 Å². The molecule has 0 bridgehead atoms. The van der Waals surface area contributed by atoms with E-state index in [-0.39, 0.29) is 5.97 Å². The van der Waals surface area contributed by atoms with Crippen LogP contribution in [-0.2, 0) is 16.0 Å². The number of rotatable bonds is 7. The summed E-state index contributed by atoms with van der Waals surface area (Å²) in [5.41, 5.74) is 1.90. The van der Waals surface area contributed by atoms with Gasteiger partial charge in [0.1, 0.15) is 0 Å². The molecule has 2 aromatic heterocycles. The first-order valence-electron chi connectivity index (χ1n) is 7.07. The number of aryl methyl sites for hydroxylation is 1. The molecule has 0 fully saturated rings. The number of hydrogen-bond donors (Lipinski definition) is 0. The Hall–Kier alpha value is -1.97. The van der Waals surface area contributed by atoms with E-state index in [1.54, 1.807) is 6.20 Å². The molecule has 0 saturated carbocycles. The van der Waals surface area contributed by atoms with Crippen LogP contribution in [0.3, 0.4) is 0 Å². The highest BCUT2D eigenvalue weighted by atomic mass is 16.5. The van der Waals surface area contributed by atoms with Gasteiger partial charge in [-0.1, -0.05) is 12.8 Å². The van der Waals surface area contributed by atoms with Crippen molar-refractivity contribution in [1.29, 1.82) is 0 Å². The van der Waals surface area contributed by atoms with E-state index < -0.39 is 0 Å². The SMILES string of the molecule is COC(=O)CCCCCCc1ccc2cccnc2n1. The standard InChI is InChI=1S/C16H20N2O2/c1-20-15(19)9-5-3-2-4-8-14-11-10-13-7-6-12-17-16(13)18-14/h6-7,10-12H,2-5,8-9H2,1H3. The molecule has 0 aromatic carbocycles. The van der Waals surface area contributed by atoms with E-state index in [2.05, 4.69) is 26.8 Å². The predicted octanol–water partition coefficient (Wildman–Crippen LogP) is 3.30. The molecule has 0 atom stereocenters. The number of fused-ring (bicyclic) bond motifs is 1. The molecule has 106 valence electrons. The minimum Gasteiger partial charge on any atom is -0.469 e. The maximum Gasteiger partial charge on any atom is 0.305 e. The molecule has 4 nitrogen and oxygen atoms in total. The quantitative estimate of drug-likeness (QED) is 0.573. The van der Waals surface area contributed by atoms with Gasteiger partial charge in [-0.3, -0.25) is 4.79 Å². The summed E-state index contributed by atoms with van der Waals surface area (Å²) in [7, 11) is 1.43. The third kappa shape index (κ3) is 4.30. The zero-order valence-corrected chi connectivity index (χ0v) is 11.8. The number of esters is 1. The van der Waals surface area contributed by atoms with Crippen LogP contribution >= 0.6 is 0 Å². The van der Waals surface area contributed by atoms with E-state index in [9.17, 15) is 4.79 Å². The number of aromatic nitrogens is 2. The first-order chi connectivity index (χ1) is 9.79. The Morgan fingerprint density at radius 2 is 2.00 bits per heavy atom. The zero-order valence-electron chi connectivity index (χ0n) is 11.8. The summed E-state index contributed by atoms with van der Waals surface area (Å²) in [5, 5.41) is 1.08. The number of carbonyl (C=O) groups excluding carboxylic acids is 1. The Morgan fingerprint density at radius 3 is 2.85 bits per heavy atom. The second kappa shape index (κ2) is 7.58. The number of hydrogen-bond acceptors (Lipinski definition) is 4. The molecule has 0 aliphatic rings. The van der Waals surface area contributed by atoms with Gasteiger partial charge in [-0.15, -0.1) is 0 Å². The monoisotopic (exact) mass is 272 g/mol. The van der Waals surface area contributed by atoms with Gasteiger partial charge in [-0.25, -0.2) is 9.97 Å². The molecule has 0 aliphatic heterocycles. The second-order valence-corrected chi connectivity index (χ2v) is 4.84. The molecule has 0 N–H and O–H groups in total. The smallest absolute Gasteiger partial charge is 0.305 e. The third-order valence-electron chi connectivity index (χ3n) is 3.31. The molecular formula is C16H20N2O2. The fraction of sp³-hybridized carbons (Fsp3) is 0.438. The fourth-order valence-corrected chi connectivity index (χ4v) is 2.16.